The Morgan fingerprint density at radius 3 is 2.71 bits per heavy atom. The third kappa shape index (κ3) is 5.48. The molecule has 0 aliphatic heterocycles. The lowest BCUT2D eigenvalue weighted by molar-refractivity contribution is -0.120. The first kappa shape index (κ1) is 15.4. The number of pyridine rings is 1. The summed E-state index contributed by atoms with van der Waals surface area (Å²) in [5.41, 5.74) is 1.48. The highest BCUT2D eigenvalue weighted by atomic mass is 32.2. The minimum Gasteiger partial charge on any atom is -0.352 e. The zero-order valence-electron chi connectivity index (χ0n) is 11.2. The minimum atomic E-state index is -3.35. The van der Waals surface area contributed by atoms with E-state index in [1.165, 1.54) is 0 Å². The number of sulfonamides is 1. The van der Waals surface area contributed by atoms with E-state index in [2.05, 4.69) is 20.0 Å². The van der Waals surface area contributed by atoms with Crippen molar-refractivity contribution in [2.45, 2.75) is 13.0 Å². The molecule has 0 spiro atoms. The average Bonchev–Trinajstić information content (AvgIpc) is 2.82. The van der Waals surface area contributed by atoms with Crippen LogP contribution in [0.15, 0.2) is 29.9 Å². The summed E-state index contributed by atoms with van der Waals surface area (Å²) in [5, 5.41) is 4.68. The molecular formula is C12H14N4O3S2. The molecule has 0 radical (unpaired) electrons. The van der Waals surface area contributed by atoms with Gasteiger partial charge in [-0.1, -0.05) is 0 Å². The summed E-state index contributed by atoms with van der Waals surface area (Å²) >= 11 is 1.14. The van der Waals surface area contributed by atoms with E-state index in [9.17, 15) is 13.2 Å². The Labute approximate surface area is 126 Å². The molecular weight excluding hydrogens is 312 g/mol. The molecule has 2 aromatic rings. The monoisotopic (exact) mass is 326 g/mol. The van der Waals surface area contributed by atoms with Gasteiger partial charge in [0.05, 0.1) is 18.4 Å². The number of hydrogen-bond donors (Lipinski definition) is 2. The number of rotatable bonds is 6. The van der Waals surface area contributed by atoms with Gasteiger partial charge in [-0.15, -0.1) is 11.3 Å². The van der Waals surface area contributed by atoms with Crippen molar-refractivity contribution in [2.24, 2.45) is 0 Å². The Balaban J connectivity index is 1.85. The molecule has 2 heterocycles. The number of anilines is 1. The largest absolute Gasteiger partial charge is 0.352 e. The third-order valence-corrected chi connectivity index (χ3v) is 3.91. The molecule has 2 rings (SSSR count). The van der Waals surface area contributed by atoms with Gasteiger partial charge >= 0.3 is 0 Å². The van der Waals surface area contributed by atoms with Crippen LogP contribution in [0, 0.1) is 0 Å². The topological polar surface area (TPSA) is 101 Å². The van der Waals surface area contributed by atoms with Crippen molar-refractivity contribution in [2.75, 3.05) is 11.0 Å². The van der Waals surface area contributed by atoms with Crippen LogP contribution in [0.2, 0.25) is 0 Å². The Morgan fingerprint density at radius 2 is 2.05 bits per heavy atom. The summed E-state index contributed by atoms with van der Waals surface area (Å²) in [7, 11) is -3.35. The zero-order valence-corrected chi connectivity index (χ0v) is 12.9. The van der Waals surface area contributed by atoms with E-state index in [1.54, 1.807) is 17.8 Å². The van der Waals surface area contributed by atoms with Crippen molar-refractivity contribution < 1.29 is 13.2 Å². The van der Waals surface area contributed by atoms with Gasteiger partial charge < -0.3 is 5.32 Å². The molecule has 0 bridgehead atoms. The van der Waals surface area contributed by atoms with E-state index in [1.807, 2.05) is 12.1 Å². The first-order valence-corrected chi connectivity index (χ1v) is 8.77. The second-order valence-electron chi connectivity index (χ2n) is 4.33. The maximum absolute atomic E-state index is 11.8. The number of amides is 1. The highest BCUT2D eigenvalue weighted by molar-refractivity contribution is 7.92. The molecule has 1 amide bonds. The van der Waals surface area contributed by atoms with Gasteiger partial charge in [-0.2, -0.15) is 0 Å². The van der Waals surface area contributed by atoms with Gasteiger partial charge in [0.2, 0.25) is 15.9 Å². The van der Waals surface area contributed by atoms with Crippen LogP contribution in [0.5, 0.6) is 0 Å². The molecule has 0 fully saturated rings. The lowest BCUT2D eigenvalue weighted by Crippen LogP contribution is -2.24. The summed E-state index contributed by atoms with van der Waals surface area (Å²) in [6.45, 7) is 0.417. The van der Waals surface area contributed by atoms with Gasteiger partial charge in [0, 0.05) is 24.3 Å². The molecule has 0 atom stereocenters. The van der Waals surface area contributed by atoms with E-state index < -0.39 is 10.0 Å². The SMILES string of the molecule is CS(=O)(=O)Nc1nc(CC(=O)NCc2ccncc2)cs1. The molecule has 0 aliphatic rings. The maximum atomic E-state index is 11.8. The molecule has 2 aromatic heterocycles. The standard InChI is InChI=1S/C12H14N4O3S2/c1-21(18,19)16-12-15-10(8-20-12)6-11(17)14-7-9-2-4-13-5-3-9/h2-5,8H,6-7H2,1H3,(H,14,17)(H,15,16). The highest BCUT2D eigenvalue weighted by Crippen LogP contribution is 2.16. The van der Waals surface area contributed by atoms with E-state index in [4.69, 9.17) is 0 Å². The number of hydrogen-bond acceptors (Lipinski definition) is 6. The zero-order chi connectivity index (χ0) is 15.3. The van der Waals surface area contributed by atoms with Crippen molar-refractivity contribution >= 4 is 32.4 Å². The third-order valence-electron chi connectivity index (χ3n) is 2.41. The fourth-order valence-electron chi connectivity index (χ4n) is 1.52. The lowest BCUT2D eigenvalue weighted by Gasteiger charge is -2.03. The van der Waals surface area contributed by atoms with Crippen LogP contribution < -0.4 is 10.0 Å². The Bertz CT molecular complexity index is 713. The van der Waals surface area contributed by atoms with Crippen molar-refractivity contribution in [3.8, 4) is 0 Å². The quantitative estimate of drug-likeness (QED) is 0.816. The van der Waals surface area contributed by atoms with Crippen molar-refractivity contribution in [1.29, 1.82) is 0 Å². The molecule has 9 heteroatoms. The molecule has 2 N–H and O–H groups in total. The minimum absolute atomic E-state index is 0.104. The highest BCUT2D eigenvalue weighted by Gasteiger charge is 2.10. The molecule has 0 aliphatic carbocycles. The Morgan fingerprint density at radius 1 is 1.33 bits per heavy atom. The fraction of sp³-hybridized carbons (Fsp3) is 0.250. The van der Waals surface area contributed by atoms with Crippen LogP contribution in [0.4, 0.5) is 5.13 Å². The average molecular weight is 326 g/mol. The lowest BCUT2D eigenvalue weighted by atomic mass is 10.2. The Hall–Kier alpha value is -2.00. The number of carbonyl (C=O) groups excluding carboxylic acids is 1. The predicted molar refractivity (Wildman–Crippen MR) is 80.4 cm³/mol. The van der Waals surface area contributed by atoms with Crippen molar-refractivity contribution in [1.82, 2.24) is 15.3 Å². The van der Waals surface area contributed by atoms with Crippen LogP contribution in [0.3, 0.4) is 0 Å². The first-order chi connectivity index (χ1) is 9.92. The number of nitrogens with one attached hydrogen (secondary N) is 2. The van der Waals surface area contributed by atoms with Gasteiger partial charge in [0.15, 0.2) is 5.13 Å². The van der Waals surface area contributed by atoms with E-state index in [0.29, 0.717) is 12.2 Å². The van der Waals surface area contributed by atoms with E-state index >= 15 is 0 Å². The van der Waals surface area contributed by atoms with Crippen LogP contribution in [-0.4, -0.2) is 30.5 Å². The molecule has 0 saturated heterocycles. The molecule has 0 aromatic carbocycles. The Kier molecular flexibility index (Phi) is 4.86. The number of nitrogens with zero attached hydrogens (tertiary/aromatic N) is 2. The second-order valence-corrected chi connectivity index (χ2v) is 6.93. The number of aromatic nitrogens is 2. The summed E-state index contributed by atoms with van der Waals surface area (Å²) < 4.78 is 24.4. The summed E-state index contributed by atoms with van der Waals surface area (Å²) in [6, 6.07) is 3.63. The van der Waals surface area contributed by atoms with E-state index in [-0.39, 0.29) is 17.5 Å². The number of carbonyl (C=O) groups is 1. The summed E-state index contributed by atoms with van der Waals surface area (Å²) in [5.74, 6) is -0.178. The summed E-state index contributed by atoms with van der Waals surface area (Å²) in [6.07, 6.45) is 4.47. The van der Waals surface area contributed by atoms with E-state index in [0.717, 1.165) is 23.2 Å². The van der Waals surface area contributed by atoms with Crippen molar-refractivity contribution in [3.63, 3.8) is 0 Å². The molecule has 0 unspecified atom stereocenters. The second kappa shape index (κ2) is 6.64. The molecule has 112 valence electrons. The first-order valence-electron chi connectivity index (χ1n) is 6.00. The van der Waals surface area contributed by atoms with Crippen LogP contribution >= 0.6 is 11.3 Å². The maximum Gasteiger partial charge on any atom is 0.231 e. The van der Waals surface area contributed by atoms with Crippen LogP contribution in [-0.2, 0) is 27.8 Å². The molecule has 7 nitrogen and oxygen atoms in total. The number of thiazole rings is 1. The van der Waals surface area contributed by atoms with Crippen molar-refractivity contribution in [3.05, 3.63) is 41.2 Å². The molecule has 0 saturated carbocycles. The van der Waals surface area contributed by atoms with Gasteiger partial charge in [-0.05, 0) is 17.7 Å². The van der Waals surface area contributed by atoms with Crippen LogP contribution in [0.25, 0.3) is 0 Å². The normalized spacial score (nSPS) is 11.1. The van der Waals surface area contributed by atoms with Gasteiger partial charge in [-0.3, -0.25) is 14.5 Å². The van der Waals surface area contributed by atoms with Gasteiger partial charge in [0.1, 0.15) is 0 Å². The fourth-order valence-corrected chi connectivity index (χ4v) is 3.09. The summed E-state index contributed by atoms with van der Waals surface area (Å²) in [4.78, 5) is 19.7. The smallest absolute Gasteiger partial charge is 0.231 e. The molecule has 21 heavy (non-hydrogen) atoms. The predicted octanol–water partition coefficient (Wildman–Crippen LogP) is 0.768. The van der Waals surface area contributed by atoms with Gasteiger partial charge in [-0.25, -0.2) is 13.4 Å². The van der Waals surface area contributed by atoms with Crippen LogP contribution in [0.1, 0.15) is 11.3 Å². The van der Waals surface area contributed by atoms with Gasteiger partial charge in [0.25, 0.3) is 0 Å².